The number of nitrogen functional groups attached to an aromatic ring is 1. The molecule has 5 nitrogen and oxygen atoms in total. The summed E-state index contributed by atoms with van der Waals surface area (Å²) in [5, 5.41) is 4.23. The van der Waals surface area contributed by atoms with Crippen LogP contribution in [0.2, 0.25) is 0 Å². The van der Waals surface area contributed by atoms with Gasteiger partial charge in [0.05, 0.1) is 18.1 Å². The van der Waals surface area contributed by atoms with Crippen LogP contribution in [-0.4, -0.2) is 15.9 Å². The Morgan fingerprint density at radius 2 is 1.96 bits per heavy atom. The highest BCUT2D eigenvalue weighted by molar-refractivity contribution is 5.80. The van der Waals surface area contributed by atoms with E-state index in [-0.39, 0.29) is 6.61 Å². The van der Waals surface area contributed by atoms with Crippen molar-refractivity contribution in [3.05, 3.63) is 77.1 Å². The number of anilines is 1. The van der Waals surface area contributed by atoms with Crippen molar-refractivity contribution in [1.29, 1.82) is 0 Å². The molecule has 0 unspecified atom stereocenters. The lowest BCUT2D eigenvalue weighted by Gasteiger charge is -2.07. The Balaban J connectivity index is 1.70. The van der Waals surface area contributed by atoms with E-state index in [0.717, 1.165) is 17.3 Å². The van der Waals surface area contributed by atoms with Crippen molar-refractivity contribution < 1.29 is 13.5 Å². The summed E-state index contributed by atoms with van der Waals surface area (Å²) < 4.78 is 33.4. The number of hydrogen-bond donors (Lipinski definition) is 1. The zero-order valence-electron chi connectivity index (χ0n) is 13.5. The van der Waals surface area contributed by atoms with Crippen LogP contribution in [0.5, 0.6) is 5.75 Å². The third-order valence-electron chi connectivity index (χ3n) is 3.35. The number of nitrogens with two attached hydrogens (primary N) is 1. The van der Waals surface area contributed by atoms with Gasteiger partial charge in [-0.2, -0.15) is 5.10 Å². The minimum Gasteiger partial charge on any atom is -0.489 e. The van der Waals surface area contributed by atoms with Crippen LogP contribution < -0.4 is 10.5 Å². The van der Waals surface area contributed by atoms with Gasteiger partial charge in [-0.1, -0.05) is 12.1 Å². The maximum Gasteiger partial charge on any atom is 0.221 e. The average Bonchev–Trinajstić information content (AvgIpc) is 2.88. The number of aryl methyl sites for hydroxylation is 1. The first-order valence-corrected chi connectivity index (χ1v) is 7.53. The van der Waals surface area contributed by atoms with Crippen LogP contribution >= 0.6 is 0 Å². The molecule has 0 aliphatic carbocycles. The van der Waals surface area contributed by atoms with Crippen LogP contribution in [0.1, 0.15) is 16.8 Å². The van der Waals surface area contributed by atoms with Gasteiger partial charge in [-0.05, 0) is 42.3 Å². The highest BCUT2D eigenvalue weighted by atomic mass is 19.1. The van der Waals surface area contributed by atoms with Crippen molar-refractivity contribution in [2.24, 2.45) is 5.10 Å². The number of imidazole rings is 1. The molecule has 3 rings (SSSR count). The first kappa shape index (κ1) is 16.6. The molecule has 1 heterocycles. The molecule has 0 bridgehead atoms. The Hall–Kier alpha value is -3.22. The molecular formula is C18H16F2N4O. The van der Waals surface area contributed by atoms with E-state index in [0.29, 0.717) is 17.3 Å². The van der Waals surface area contributed by atoms with Crippen molar-refractivity contribution in [3.63, 3.8) is 0 Å². The van der Waals surface area contributed by atoms with E-state index in [1.54, 1.807) is 30.6 Å². The van der Waals surface area contributed by atoms with Gasteiger partial charge < -0.3 is 10.5 Å². The summed E-state index contributed by atoms with van der Waals surface area (Å²) >= 11 is 0. The molecule has 3 aromatic rings. The Morgan fingerprint density at radius 1 is 1.20 bits per heavy atom. The number of ether oxygens (including phenoxy) is 1. The molecule has 1 aromatic heterocycles. The van der Waals surface area contributed by atoms with Crippen LogP contribution in [0, 0.1) is 18.6 Å². The van der Waals surface area contributed by atoms with Crippen LogP contribution in [0.25, 0.3) is 0 Å². The second-order valence-corrected chi connectivity index (χ2v) is 5.47. The largest absolute Gasteiger partial charge is 0.489 e. The minimum absolute atomic E-state index is 0.0585. The molecule has 0 aliphatic rings. The summed E-state index contributed by atoms with van der Waals surface area (Å²) in [5.74, 6) is -0.405. The number of halogens is 2. The van der Waals surface area contributed by atoms with Gasteiger partial charge in [-0.25, -0.2) is 18.4 Å². The van der Waals surface area contributed by atoms with Gasteiger partial charge in [0.2, 0.25) is 5.95 Å². The van der Waals surface area contributed by atoms with E-state index < -0.39 is 11.6 Å². The third-order valence-corrected chi connectivity index (χ3v) is 3.35. The summed E-state index contributed by atoms with van der Waals surface area (Å²) in [4.78, 5) is 4.06. The summed E-state index contributed by atoms with van der Waals surface area (Å²) in [6.07, 6.45) is 3.33. The second-order valence-electron chi connectivity index (χ2n) is 5.47. The third kappa shape index (κ3) is 4.41. The van der Waals surface area contributed by atoms with Crippen molar-refractivity contribution >= 4 is 12.2 Å². The van der Waals surface area contributed by atoms with E-state index >= 15 is 0 Å². The highest BCUT2D eigenvalue weighted by Crippen LogP contribution is 2.16. The molecule has 0 aliphatic heterocycles. The van der Waals surface area contributed by atoms with Gasteiger partial charge in [0.15, 0.2) is 0 Å². The fraction of sp³-hybridized carbons (Fsp3) is 0.111. The van der Waals surface area contributed by atoms with Crippen LogP contribution in [0.4, 0.5) is 14.7 Å². The predicted molar refractivity (Wildman–Crippen MR) is 91.5 cm³/mol. The smallest absolute Gasteiger partial charge is 0.221 e. The first-order valence-electron chi connectivity index (χ1n) is 7.53. The fourth-order valence-corrected chi connectivity index (χ4v) is 2.27. The van der Waals surface area contributed by atoms with Crippen molar-refractivity contribution in [1.82, 2.24) is 9.66 Å². The number of nitrogens with zero attached hydrogens (tertiary/aromatic N) is 3. The summed E-state index contributed by atoms with van der Waals surface area (Å²) in [5.41, 5.74) is 7.70. The predicted octanol–water partition coefficient (Wildman–Crippen LogP) is 3.51. The van der Waals surface area contributed by atoms with Crippen molar-refractivity contribution in [2.45, 2.75) is 13.5 Å². The maximum atomic E-state index is 13.2. The molecular weight excluding hydrogens is 326 g/mol. The Bertz CT molecular complexity index is 901. The molecule has 25 heavy (non-hydrogen) atoms. The molecule has 0 fully saturated rings. The molecule has 0 atom stereocenters. The lowest BCUT2D eigenvalue weighted by molar-refractivity contribution is 0.304. The Kier molecular flexibility index (Phi) is 4.74. The number of benzene rings is 2. The van der Waals surface area contributed by atoms with Gasteiger partial charge in [-0.3, -0.25) is 0 Å². The van der Waals surface area contributed by atoms with Gasteiger partial charge in [0, 0.05) is 6.07 Å². The van der Waals surface area contributed by atoms with E-state index in [1.807, 2.05) is 13.0 Å². The standard InChI is InChI=1S/C18H16F2N4O/c1-12-10-24(18(21)23-12)22-9-13-3-2-4-17(7-13)25-11-14-5-15(19)8-16(20)6-14/h2-10H,11H2,1H3,(H2,21,23). The molecule has 0 saturated heterocycles. The molecule has 2 N–H and O–H groups in total. The first-order chi connectivity index (χ1) is 12.0. The van der Waals surface area contributed by atoms with Crippen molar-refractivity contribution in [3.8, 4) is 5.75 Å². The molecule has 7 heteroatoms. The highest BCUT2D eigenvalue weighted by Gasteiger charge is 2.03. The normalized spacial score (nSPS) is 11.2. The molecule has 0 radical (unpaired) electrons. The van der Waals surface area contributed by atoms with Gasteiger partial charge in [-0.15, -0.1) is 0 Å². The van der Waals surface area contributed by atoms with Gasteiger partial charge >= 0.3 is 0 Å². The lowest BCUT2D eigenvalue weighted by atomic mass is 10.2. The summed E-state index contributed by atoms with van der Waals surface area (Å²) in [6.45, 7) is 1.88. The van der Waals surface area contributed by atoms with Crippen LogP contribution in [0.3, 0.4) is 0 Å². The van der Waals surface area contributed by atoms with E-state index in [9.17, 15) is 8.78 Å². The van der Waals surface area contributed by atoms with Gasteiger partial charge in [0.1, 0.15) is 24.0 Å². The number of hydrogen-bond acceptors (Lipinski definition) is 4. The zero-order valence-corrected chi connectivity index (χ0v) is 13.5. The maximum absolute atomic E-state index is 13.2. The molecule has 0 amide bonds. The minimum atomic E-state index is -0.632. The fourth-order valence-electron chi connectivity index (χ4n) is 2.27. The Labute approximate surface area is 143 Å². The molecule has 0 saturated carbocycles. The molecule has 128 valence electrons. The summed E-state index contributed by atoms with van der Waals surface area (Å²) in [6, 6.07) is 10.5. The Morgan fingerprint density at radius 3 is 2.64 bits per heavy atom. The van der Waals surface area contributed by atoms with Crippen LogP contribution in [0.15, 0.2) is 53.8 Å². The quantitative estimate of drug-likeness (QED) is 0.722. The zero-order chi connectivity index (χ0) is 17.8. The summed E-state index contributed by atoms with van der Waals surface area (Å²) in [7, 11) is 0. The van der Waals surface area contributed by atoms with E-state index in [2.05, 4.69) is 10.1 Å². The molecule has 0 spiro atoms. The van der Waals surface area contributed by atoms with Crippen LogP contribution in [-0.2, 0) is 6.61 Å². The van der Waals surface area contributed by atoms with Gasteiger partial charge in [0.25, 0.3) is 0 Å². The van der Waals surface area contributed by atoms with Crippen molar-refractivity contribution in [2.75, 3.05) is 5.73 Å². The van der Waals surface area contributed by atoms with E-state index in [1.165, 1.54) is 16.8 Å². The monoisotopic (exact) mass is 342 g/mol. The molecule has 2 aromatic carbocycles. The van der Waals surface area contributed by atoms with E-state index in [4.69, 9.17) is 10.5 Å². The lowest BCUT2D eigenvalue weighted by Crippen LogP contribution is -1.98. The second kappa shape index (κ2) is 7.12. The SMILES string of the molecule is Cc1cn(N=Cc2cccc(OCc3cc(F)cc(F)c3)c2)c(N)n1. The number of aromatic nitrogens is 2. The average molecular weight is 342 g/mol. The number of rotatable bonds is 5. The topological polar surface area (TPSA) is 65.4 Å².